The molecular weight excluding hydrogens is 406 g/mol. The predicted octanol–water partition coefficient (Wildman–Crippen LogP) is 2.76. The minimum atomic E-state index is -0.997. The molecule has 2 atom stereocenters. The Hall–Kier alpha value is -2.94. The van der Waals surface area contributed by atoms with Gasteiger partial charge in [0.1, 0.15) is 23.6 Å². The summed E-state index contributed by atoms with van der Waals surface area (Å²) in [6.45, 7) is 2.46. The Labute approximate surface area is 178 Å². The number of carbonyl (C=O) groups is 2. The van der Waals surface area contributed by atoms with Crippen LogP contribution in [0.25, 0.3) is 0 Å². The van der Waals surface area contributed by atoms with Gasteiger partial charge in [-0.05, 0) is 37.5 Å². The maximum Gasteiger partial charge on any atom is 0.274 e. The van der Waals surface area contributed by atoms with Gasteiger partial charge in [-0.2, -0.15) is 0 Å². The largest absolute Gasteiger partial charge is 0.342 e. The first-order valence-corrected chi connectivity index (χ1v) is 10.4. The molecule has 162 valence electrons. The van der Waals surface area contributed by atoms with Crippen LogP contribution in [0, 0.1) is 18.6 Å². The van der Waals surface area contributed by atoms with E-state index < -0.39 is 29.5 Å². The van der Waals surface area contributed by atoms with Crippen LogP contribution in [-0.2, 0) is 9.53 Å². The summed E-state index contributed by atoms with van der Waals surface area (Å²) in [7, 11) is 0. The number of rotatable bonds is 2. The third-order valence-electron chi connectivity index (χ3n) is 6.53. The molecule has 31 heavy (non-hydrogen) atoms. The van der Waals surface area contributed by atoms with E-state index in [0.717, 1.165) is 6.07 Å². The van der Waals surface area contributed by atoms with Gasteiger partial charge in [0.15, 0.2) is 5.60 Å². The number of ether oxygens (including phenoxy) is 1. The fourth-order valence-electron chi connectivity index (χ4n) is 4.98. The Morgan fingerprint density at radius 2 is 1.77 bits per heavy atom. The average Bonchev–Trinajstić information content (AvgIpc) is 3.26. The molecule has 2 aromatic rings. The number of aryl methyl sites for hydroxylation is 1. The number of amides is 2. The molecule has 9 heteroatoms. The number of carbonyl (C=O) groups excluding carboxylic acids is 2. The van der Waals surface area contributed by atoms with Crippen molar-refractivity contribution in [3.63, 3.8) is 0 Å². The lowest BCUT2D eigenvalue weighted by Crippen LogP contribution is -2.51. The first kappa shape index (κ1) is 20.0. The number of hydrogen-bond donors (Lipinski definition) is 0. The highest BCUT2D eigenvalue weighted by Crippen LogP contribution is 2.47. The van der Waals surface area contributed by atoms with Crippen molar-refractivity contribution < 1.29 is 23.1 Å². The van der Waals surface area contributed by atoms with Crippen molar-refractivity contribution in [2.24, 2.45) is 0 Å². The van der Waals surface area contributed by atoms with Gasteiger partial charge in [0.2, 0.25) is 0 Å². The first-order chi connectivity index (χ1) is 14.9. The smallest absolute Gasteiger partial charge is 0.274 e. The Bertz CT molecular complexity index is 1030. The number of hydrogen-bond acceptors (Lipinski definition) is 5. The number of piperidine rings is 1. The van der Waals surface area contributed by atoms with Crippen LogP contribution in [0.2, 0.25) is 0 Å². The summed E-state index contributed by atoms with van der Waals surface area (Å²) in [4.78, 5) is 37.8. The second-order valence-corrected chi connectivity index (χ2v) is 8.36. The summed E-state index contributed by atoms with van der Waals surface area (Å²) >= 11 is 0. The molecule has 0 radical (unpaired) electrons. The number of benzene rings is 1. The molecule has 5 rings (SSSR count). The van der Waals surface area contributed by atoms with Gasteiger partial charge in [0, 0.05) is 44.4 Å². The zero-order valence-electron chi connectivity index (χ0n) is 17.1. The van der Waals surface area contributed by atoms with Gasteiger partial charge in [0.05, 0.1) is 11.7 Å². The Balaban J connectivity index is 1.32. The highest BCUT2D eigenvalue weighted by Gasteiger charge is 2.58. The molecule has 1 aromatic carbocycles. The lowest BCUT2D eigenvalue weighted by atomic mass is 9.89. The van der Waals surface area contributed by atoms with E-state index in [1.54, 1.807) is 16.7 Å². The predicted molar refractivity (Wildman–Crippen MR) is 105 cm³/mol. The lowest BCUT2D eigenvalue weighted by molar-refractivity contribution is -0.142. The van der Waals surface area contributed by atoms with E-state index in [9.17, 15) is 18.4 Å². The maximum absolute atomic E-state index is 13.7. The van der Waals surface area contributed by atoms with Gasteiger partial charge in [0.25, 0.3) is 11.8 Å². The summed E-state index contributed by atoms with van der Waals surface area (Å²) in [5.74, 6) is -1.69. The fraction of sp³-hybridized carbons (Fsp3) is 0.455. The van der Waals surface area contributed by atoms with Crippen LogP contribution < -0.4 is 0 Å². The van der Waals surface area contributed by atoms with Gasteiger partial charge in [-0.15, -0.1) is 0 Å². The topological polar surface area (TPSA) is 75.6 Å². The zero-order chi connectivity index (χ0) is 21.8. The minimum Gasteiger partial charge on any atom is -0.342 e. The van der Waals surface area contributed by atoms with Crippen molar-refractivity contribution in [1.82, 2.24) is 19.8 Å². The first-order valence-electron chi connectivity index (χ1n) is 10.4. The summed E-state index contributed by atoms with van der Waals surface area (Å²) in [6.07, 6.45) is 4.55. The van der Waals surface area contributed by atoms with E-state index in [1.165, 1.54) is 24.5 Å². The van der Waals surface area contributed by atoms with E-state index in [0.29, 0.717) is 55.7 Å². The van der Waals surface area contributed by atoms with Gasteiger partial charge >= 0.3 is 0 Å². The number of fused-ring (bicyclic) bond motifs is 1. The number of halogens is 2. The Morgan fingerprint density at radius 1 is 1.10 bits per heavy atom. The monoisotopic (exact) mass is 428 g/mol. The van der Waals surface area contributed by atoms with Crippen LogP contribution in [-0.4, -0.2) is 56.5 Å². The average molecular weight is 428 g/mol. The van der Waals surface area contributed by atoms with E-state index in [1.807, 2.05) is 0 Å². The van der Waals surface area contributed by atoms with E-state index in [4.69, 9.17) is 4.74 Å². The van der Waals surface area contributed by atoms with Crippen LogP contribution in [0.3, 0.4) is 0 Å². The molecule has 3 fully saturated rings. The van der Waals surface area contributed by atoms with Crippen LogP contribution in [0.5, 0.6) is 0 Å². The molecule has 1 aromatic heterocycles. The van der Waals surface area contributed by atoms with Gasteiger partial charge < -0.3 is 14.5 Å². The quantitative estimate of drug-likeness (QED) is 0.735. The van der Waals surface area contributed by atoms with Crippen molar-refractivity contribution in [2.75, 3.05) is 13.1 Å². The summed E-state index contributed by atoms with van der Waals surface area (Å²) in [5.41, 5.74) is 0.320. The molecule has 0 unspecified atom stereocenters. The molecule has 0 saturated carbocycles. The second-order valence-electron chi connectivity index (χ2n) is 8.36. The highest BCUT2D eigenvalue weighted by atomic mass is 19.1. The Morgan fingerprint density at radius 3 is 2.45 bits per heavy atom. The molecule has 0 N–H and O–H groups in total. The van der Waals surface area contributed by atoms with Crippen molar-refractivity contribution >= 4 is 11.8 Å². The molecule has 7 nitrogen and oxygen atoms in total. The van der Waals surface area contributed by atoms with Crippen molar-refractivity contribution in [3.8, 4) is 0 Å². The molecule has 3 aliphatic heterocycles. The fourth-order valence-corrected chi connectivity index (χ4v) is 4.98. The summed E-state index contributed by atoms with van der Waals surface area (Å²) < 4.78 is 33.7. The third kappa shape index (κ3) is 3.27. The molecule has 0 aliphatic carbocycles. The summed E-state index contributed by atoms with van der Waals surface area (Å²) in [5, 5.41) is 0. The van der Waals surface area contributed by atoms with Gasteiger partial charge in [-0.25, -0.2) is 13.8 Å². The van der Waals surface area contributed by atoms with E-state index in [-0.39, 0.29) is 11.8 Å². The maximum atomic E-state index is 13.7. The SMILES string of the molecule is Cc1nccnc1C(=O)N1CCC2(CC1)O[C@@H]1CC[C@@H](c3cc(F)cc(F)c3)N1C2=O. The van der Waals surface area contributed by atoms with Crippen LogP contribution in [0.1, 0.15) is 53.5 Å². The molecule has 3 aliphatic rings. The van der Waals surface area contributed by atoms with Crippen LogP contribution in [0.15, 0.2) is 30.6 Å². The molecular formula is C22H22F2N4O3. The number of aromatic nitrogens is 2. The van der Waals surface area contributed by atoms with Crippen molar-refractivity contribution in [3.05, 3.63) is 59.2 Å². The molecule has 4 heterocycles. The summed E-state index contributed by atoms with van der Waals surface area (Å²) in [6, 6.07) is 2.97. The molecule has 2 amide bonds. The van der Waals surface area contributed by atoms with E-state index >= 15 is 0 Å². The molecule has 0 bridgehead atoms. The normalized spacial score (nSPS) is 24.7. The van der Waals surface area contributed by atoms with Crippen LogP contribution in [0.4, 0.5) is 8.78 Å². The molecule has 3 saturated heterocycles. The zero-order valence-corrected chi connectivity index (χ0v) is 17.1. The van der Waals surface area contributed by atoms with Gasteiger partial charge in [-0.3, -0.25) is 14.6 Å². The standard InChI is InChI=1S/C22H22F2N4O3/c1-13-19(26-7-6-25-13)20(29)27-8-4-22(5-9-27)21(30)28-17(2-3-18(28)31-22)14-10-15(23)12-16(24)11-14/h6-7,10-12,17-18H,2-5,8-9H2,1H3/t17-,18+/m0/s1. The number of likely N-dealkylation sites (tertiary alicyclic amines) is 1. The van der Waals surface area contributed by atoms with E-state index in [2.05, 4.69) is 9.97 Å². The Kier molecular flexibility index (Phi) is 4.73. The highest BCUT2D eigenvalue weighted by molar-refractivity contribution is 5.94. The third-order valence-corrected chi connectivity index (χ3v) is 6.53. The lowest BCUT2D eigenvalue weighted by Gasteiger charge is -2.37. The van der Waals surface area contributed by atoms with Crippen LogP contribution >= 0.6 is 0 Å². The number of nitrogens with zero attached hydrogens (tertiary/aromatic N) is 4. The minimum absolute atomic E-state index is 0.160. The van der Waals surface area contributed by atoms with Gasteiger partial charge in [-0.1, -0.05) is 0 Å². The van der Waals surface area contributed by atoms with Crippen molar-refractivity contribution in [1.29, 1.82) is 0 Å². The molecule has 1 spiro atoms. The second kappa shape index (κ2) is 7.33. The van der Waals surface area contributed by atoms with Crippen molar-refractivity contribution in [2.45, 2.75) is 50.5 Å².